The van der Waals surface area contributed by atoms with Crippen LogP contribution in [0, 0.1) is 0 Å². The standard InChI is InChI=1S/C17H32N4O3/c1-18-17(20-9-10-21-11-13-23-14-12-21)19-8-4-7-16(22)24-15-5-2-3-6-15/h15H,2-14H2,1H3,(H2,18,19,20). The number of nitrogens with one attached hydrogen (secondary N) is 2. The molecule has 1 saturated carbocycles. The number of ether oxygens (including phenoxy) is 2. The molecule has 0 atom stereocenters. The third-order valence-corrected chi connectivity index (χ3v) is 4.50. The van der Waals surface area contributed by atoms with Gasteiger partial charge in [-0.25, -0.2) is 0 Å². The molecule has 2 fully saturated rings. The van der Waals surface area contributed by atoms with Gasteiger partial charge < -0.3 is 20.1 Å². The maximum atomic E-state index is 11.7. The van der Waals surface area contributed by atoms with Crippen molar-refractivity contribution in [2.24, 2.45) is 4.99 Å². The van der Waals surface area contributed by atoms with Crippen molar-refractivity contribution < 1.29 is 14.3 Å². The van der Waals surface area contributed by atoms with E-state index < -0.39 is 0 Å². The molecule has 1 aliphatic heterocycles. The summed E-state index contributed by atoms with van der Waals surface area (Å²) < 4.78 is 10.8. The highest BCUT2D eigenvalue weighted by molar-refractivity contribution is 5.79. The van der Waals surface area contributed by atoms with Gasteiger partial charge in [0.2, 0.25) is 0 Å². The van der Waals surface area contributed by atoms with Crippen LogP contribution in [0.2, 0.25) is 0 Å². The van der Waals surface area contributed by atoms with E-state index in [4.69, 9.17) is 9.47 Å². The Morgan fingerprint density at radius 1 is 1.21 bits per heavy atom. The fraction of sp³-hybridized carbons (Fsp3) is 0.882. The van der Waals surface area contributed by atoms with E-state index >= 15 is 0 Å². The van der Waals surface area contributed by atoms with Gasteiger partial charge in [0.05, 0.1) is 13.2 Å². The molecule has 2 rings (SSSR count). The van der Waals surface area contributed by atoms with Gasteiger partial charge in [0, 0.05) is 46.2 Å². The molecule has 0 amide bonds. The van der Waals surface area contributed by atoms with Gasteiger partial charge >= 0.3 is 5.97 Å². The number of nitrogens with zero attached hydrogens (tertiary/aromatic N) is 2. The molecule has 0 aromatic carbocycles. The van der Waals surface area contributed by atoms with E-state index in [9.17, 15) is 4.79 Å². The van der Waals surface area contributed by atoms with Crippen molar-refractivity contribution in [3.8, 4) is 0 Å². The van der Waals surface area contributed by atoms with E-state index in [2.05, 4.69) is 20.5 Å². The van der Waals surface area contributed by atoms with Gasteiger partial charge in [0.15, 0.2) is 5.96 Å². The molecule has 0 aromatic rings. The first-order valence-electron chi connectivity index (χ1n) is 9.22. The molecule has 7 heteroatoms. The van der Waals surface area contributed by atoms with Gasteiger partial charge in [-0.3, -0.25) is 14.7 Å². The maximum absolute atomic E-state index is 11.7. The summed E-state index contributed by atoms with van der Waals surface area (Å²) in [7, 11) is 1.76. The number of rotatable bonds is 8. The van der Waals surface area contributed by atoms with Crippen molar-refractivity contribution in [3.63, 3.8) is 0 Å². The Kier molecular flexibility index (Phi) is 8.91. The fourth-order valence-electron chi connectivity index (χ4n) is 3.07. The molecule has 0 bridgehead atoms. The molecule has 2 N–H and O–H groups in total. The summed E-state index contributed by atoms with van der Waals surface area (Å²) in [6.45, 7) is 6.19. The third kappa shape index (κ3) is 7.49. The van der Waals surface area contributed by atoms with Crippen LogP contribution in [0.4, 0.5) is 0 Å². The molecule has 0 spiro atoms. The average molecular weight is 340 g/mol. The molecule has 24 heavy (non-hydrogen) atoms. The number of carbonyl (C=O) groups excluding carboxylic acids is 1. The van der Waals surface area contributed by atoms with Gasteiger partial charge in [-0.1, -0.05) is 0 Å². The van der Waals surface area contributed by atoms with Gasteiger partial charge in [-0.15, -0.1) is 0 Å². The third-order valence-electron chi connectivity index (χ3n) is 4.50. The Bertz CT molecular complexity index is 391. The van der Waals surface area contributed by atoms with Crippen LogP contribution in [0.1, 0.15) is 38.5 Å². The first-order chi connectivity index (χ1) is 11.8. The zero-order chi connectivity index (χ0) is 17.0. The van der Waals surface area contributed by atoms with Crippen LogP contribution in [0.15, 0.2) is 4.99 Å². The van der Waals surface area contributed by atoms with E-state index in [0.717, 1.165) is 71.2 Å². The Labute approximate surface area is 145 Å². The molecule has 138 valence electrons. The zero-order valence-electron chi connectivity index (χ0n) is 14.9. The van der Waals surface area contributed by atoms with E-state index in [1.165, 1.54) is 12.8 Å². The van der Waals surface area contributed by atoms with Crippen LogP contribution >= 0.6 is 0 Å². The summed E-state index contributed by atoms with van der Waals surface area (Å²) >= 11 is 0. The van der Waals surface area contributed by atoms with Crippen LogP contribution in [0.5, 0.6) is 0 Å². The fourth-order valence-corrected chi connectivity index (χ4v) is 3.07. The second kappa shape index (κ2) is 11.3. The molecule has 0 unspecified atom stereocenters. The number of morpholine rings is 1. The van der Waals surface area contributed by atoms with Crippen molar-refractivity contribution >= 4 is 11.9 Å². The topological polar surface area (TPSA) is 75.2 Å². The minimum atomic E-state index is -0.0704. The summed E-state index contributed by atoms with van der Waals surface area (Å²) in [5, 5.41) is 6.55. The monoisotopic (exact) mass is 340 g/mol. The summed E-state index contributed by atoms with van der Waals surface area (Å²) in [4.78, 5) is 18.3. The molecule has 0 radical (unpaired) electrons. The van der Waals surface area contributed by atoms with E-state index in [1.807, 2.05) is 0 Å². The van der Waals surface area contributed by atoms with E-state index in [0.29, 0.717) is 6.42 Å². The average Bonchev–Trinajstić information content (AvgIpc) is 3.11. The molecule has 2 aliphatic rings. The molecule has 0 aromatic heterocycles. The zero-order valence-corrected chi connectivity index (χ0v) is 14.9. The summed E-state index contributed by atoms with van der Waals surface area (Å²) in [5.74, 6) is 0.714. The van der Waals surface area contributed by atoms with Gasteiger partial charge in [0.1, 0.15) is 6.10 Å². The van der Waals surface area contributed by atoms with Crippen LogP contribution in [0.25, 0.3) is 0 Å². The maximum Gasteiger partial charge on any atom is 0.306 e. The molecule has 1 aliphatic carbocycles. The number of hydrogen-bond acceptors (Lipinski definition) is 5. The Morgan fingerprint density at radius 2 is 1.92 bits per heavy atom. The summed E-state index contributed by atoms with van der Waals surface area (Å²) in [6, 6.07) is 0. The SMILES string of the molecule is CN=C(NCCCC(=O)OC1CCCC1)NCCN1CCOCC1. The van der Waals surface area contributed by atoms with Gasteiger partial charge in [-0.05, 0) is 32.1 Å². The quantitative estimate of drug-likeness (QED) is 0.294. The number of hydrogen-bond donors (Lipinski definition) is 2. The van der Waals surface area contributed by atoms with E-state index in [1.54, 1.807) is 7.05 Å². The number of guanidine groups is 1. The minimum Gasteiger partial charge on any atom is -0.462 e. The van der Waals surface area contributed by atoms with Crippen molar-refractivity contribution in [2.75, 3.05) is 53.0 Å². The minimum absolute atomic E-state index is 0.0704. The molecular formula is C17H32N4O3. The second-order valence-corrected chi connectivity index (χ2v) is 6.38. The lowest BCUT2D eigenvalue weighted by molar-refractivity contribution is -0.148. The largest absolute Gasteiger partial charge is 0.462 e. The first-order valence-corrected chi connectivity index (χ1v) is 9.22. The predicted octanol–water partition coefficient (Wildman–Crippen LogP) is 0.750. The first kappa shape index (κ1) is 19.0. The highest BCUT2D eigenvalue weighted by atomic mass is 16.5. The molecular weight excluding hydrogens is 308 g/mol. The highest BCUT2D eigenvalue weighted by Crippen LogP contribution is 2.21. The smallest absolute Gasteiger partial charge is 0.306 e. The lowest BCUT2D eigenvalue weighted by atomic mass is 10.3. The number of esters is 1. The highest BCUT2D eigenvalue weighted by Gasteiger charge is 2.18. The summed E-state index contributed by atoms with van der Waals surface area (Å²) in [6.07, 6.45) is 5.83. The Balaban J connectivity index is 1.48. The van der Waals surface area contributed by atoms with Crippen molar-refractivity contribution in [1.29, 1.82) is 0 Å². The van der Waals surface area contributed by atoms with Crippen molar-refractivity contribution in [3.05, 3.63) is 0 Å². The van der Waals surface area contributed by atoms with Crippen molar-refractivity contribution in [1.82, 2.24) is 15.5 Å². The number of carbonyl (C=O) groups is 1. The van der Waals surface area contributed by atoms with Gasteiger partial charge in [0.25, 0.3) is 0 Å². The molecule has 1 heterocycles. The number of aliphatic imine (C=N–C) groups is 1. The molecule has 1 saturated heterocycles. The summed E-state index contributed by atoms with van der Waals surface area (Å²) in [5.41, 5.74) is 0. The van der Waals surface area contributed by atoms with Gasteiger partial charge in [-0.2, -0.15) is 0 Å². The van der Waals surface area contributed by atoms with Crippen LogP contribution in [-0.4, -0.2) is 75.9 Å². The van der Waals surface area contributed by atoms with Crippen molar-refractivity contribution in [2.45, 2.75) is 44.6 Å². The van der Waals surface area contributed by atoms with Crippen LogP contribution in [0.3, 0.4) is 0 Å². The van der Waals surface area contributed by atoms with E-state index in [-0.39, 0.29) is 12.1 Å². The Hall–Kier alpha value is -1.34. The lowest BCUT2D eigenvalue weighted by Gasteiger charge is -2.26. The molecule has 7 nitrogen and oxygen atoms in total. The van der Waals surface area contributed by atoms with Crippen LogP contribution < -0.4 is 10.6 Å². The predicted molar refractivity (Wildman–Crippen MR) is 94.2 cm³/mol. The Morgan fingerprint density at radius 3 is 2.62 bits per heavy atom. The van der Waals surface area contributed by atoms with Crippen LogP contribution in [-0.2, 0) is 14.3 Å². The second-order valence-electron chi connectivity index (χ2n) is 6.38. The lowest BCUT2D eigenvalue weighted by Crippen LogP contribution is -2.44. The normalized spacial score (nSPS) is 20.1.